The first-order valence-electron chi connectivity index (χ1n) is 7.50. The summed E-state index contributed by atoms with van der Waals surface area (Å²) in [7, 11) is 4.50. The minimum absolute atomic E-state index is 0.395. The van der Waals surface area contributed by atoms with Crippen LogP contribution in [-0.4, -0.2) is 60.6 Å². The van der Waals surface area contributed by atoms with Gasteiger partial charge in [-0.25, -0.2) is 0 Å². The molecule has 0 bridgehead atoms. The van der Waals surface area contributed by atoms with Crippen molar-refractivity contribution >= 4 is 11.8 Å². The third kappa shape index (κ3) is 2.62. The van der Waals surface area contributed by atoms with E-state index in [1.54, 1.807) is 0 Å². The number of hydrogen-bond donors (Lipinski definition) is 1. The number of thioether (sulfide) groups is 1. The fourth-order valence-electron chi connectivity index (χ4n) is 3.25. The molecule has 2 fully saturated rings. The summed E-state index contributed by atoms with van der Waals surface area (Å²) in [6.07, 6.45) is 6.48. The van der Waals surface area contributed by atoms with Gasteiger partial charge >= 0.3 is 0 Å². The van der Waals surface area contributed by atoms with Crippen molar-refractivity contribution in [2.45, 2.75) is 31.7 Å². The first kappa shape index (κ1) is 13.6. The number of nitrogens with zero attached hydrogens (tertiary/aromatic N) is 2. The lowest BCUT2D eigenvalue weighted by Crippen LogP contribution is -2.56. The molecule has 1 unspecified atom stereocenters. The highest BCUT2D eigenvalue weighted by atomic mass is 32.2. The van der Waals surface area contributed by atoms with Gasteiger partial charge in [-0.2, -0.15) is 11.8 Å². The van der Waals surface area contributed by atoms with E-state index in [-0.39, 0.29) is 0 Å². The van der Waals surface area contributed by atoms with Crippen molar-refractivity contribution in [1.82, 2.24) is 15.1 Å². The summed E-state index contributed by atoms with van der Waals surface area (Å²) in [5.41, 5.74) is 0.922. The van der Waals surface area contributed by atoms with Gasteiger partial charge in [0.05, 0.1) is 5.82 Å². The second-order valence-electron chi connectivity index (χ2n) is 6.94. The van der Waals surface area contributed by atoms with E-state index in [1.165, 1.54) is 49.7 Å². The van der Waals surface area contributed by atoms with Gasteiger partial charge in [0.2, 0.25) is 0 Å². The van der Waals surface area contributed by atoms with Gasteiger partial charge in [0.15, 0.2) is 0 Å². The molecule has 108 valence electrons. The molecule has 1 N–H and O–H groups in total. The number of nitrogens with one attached hydrogen (secondary N) is 1. The van der Waals surface area contributed by atoms with Gasteiger partial charge in [-0.1, -0.05) is 0 Å². The van der Waals surface area contributed by atoms with Crippen LogP contribution in [-0.2, 0) is 0 Å². The van der Waals surface area contributed by atoms with Crippen LogP contribution in [0.5, 0.6) is 0 Å². The second-order valence-corrected chi connectivity index (χ2v) is 7.92. The summed E-state index contributed by atoms with van der Waals surface area (Å²) in [5, 5.41) is 3.57. The zero-order chi connectivity index (χ0) is 13.5. The van der Waals surface area contributed by atoms with E-state index in [0.29, 0.717) is 11.0 Å². The zero-order valence-corrected chi connectivity index (χ0v) is 13.4. The monoisotopic (exact) mass is 281 g/mol. The standard InChI is InChI=1S/C15H27N3S/c1-14(4-7-16-14)5-8-17(2)13-10-15(11-19-12-15)6-9-18(13)3/h10,16H,4-9,11-12H2,1-3H3. The summed E-state index contributed by atoms with van der Waals surface area (Å²) in [5.74, 6) is 4.11. The Kier molecular flexibility index (Phi) is 3.50. The van der Waals surface area contributed by atoms with Gasteiger partial charge in [0, 0.05) is 49.6 Å². The Hall–Kier alpha value is -0.350. The second kappa shape index (κ2) is 4.88. The molecule has 19 heavy (non-hydrogen) atoms. The Bertz CT molecular complexity index is 372. The Morgan fingerprint density at radius 3 is 2.68 bits per heavy atom. The predicted octanol–water partition coefficient (Wildman–Crippen LogP) is 1.97. The van der Waals surface area contributed by atoms with E-state index >= 15 is 0 Å². The smallest absolute Gasteiger partial charge is 0.0999 e. The molecule has 0 aromatic carbocycles. The Balaban J connectivity index is 1.62. The van der Waals surface area contributed by atoms with E-state index in [4.69, 9.17) is 0 Å². The molecule has 3 heterocycles. The summed E-state index contributed by atoms with van der Waals surface area (Å²) >= 11 is 2.10. The van der Waals surface area contributed by atoms with Crippen LogP contribution >= 0.6 is 11.8 Å². The van der Waals surface area contributed by atoms with Crippen molar-refractivity contribution in [3.8, 4) is 0 Å². The molecule has 0 aliphatic carbocycles. The lowest BCUT2D eigenvalue weighted by Gasteiger charge is -2.47. The van der Waals surface area contributed by atoms with Crippen LogP contribution in [0.1, 0.15) is 26.2 Å². The summed E-state index contributed by atoms with van der Waals surface area (Å²) < 4.78 is 0. The fraction of sp³-hybridized carbons (Fsp3) is 0.867. The maximum atomic E-state index is 3.57. The van der Waals surface area contributed by atoms with Crippen LogP contribution < -0.4 is 5.32 Å². The zero-order valence-electron chi connectivity index (χ0n) is 12.5. The van der Waals surface area contributed by atoms with E-state index < -0.39 is 0 Å². The van der Waals surface area contributed by atoms with Crippen molar-refractivity contribution in [3.63, 3.8) is 0 Å². The first-order chi connectivity index (χ1) is 9.02. The number of hydrogen-bond acceptors (Lipinski definition) is 4. The maximum Gasteiger partial charge on any atom is 0.0999 e. The molecule has 3 nitrogen and oxygen atoms in total. The molecule has 0 radical (unpaired) electrons. The highest BCUT2D eigenvalue weighted by Gasteiger charge is 2.40. The van der Waals surface area contributed by atoms with Crippen LogP contribution in [0.25, 0.3) is 0 Å². The van der Waals surface area contributed by atoms with Crippen molar-refractivity contribution in [3.05, 3.63) is 11.9 Å². The lowest BCUT2D eigenvalue weighted by molar-refractivity contribution is 0.165. The third-order valence-electron chi connectivity index (χ3n) is 5.17. The van der Waals surface area contributed by atoms with Crippen LogP contribution in [0.15, 0.2) is 11.9 Å². The van der Waals surface area contributed by atoms with Gasteiger partial charge < -0.3 is 15.1 Å². The predicted molar refractivity (Wildman–Crippen MR) is 83.4 cm³/mol. The van der Waals surface area contributed by atoms with Gasteiger partial charge in [0.25, 0.3) is 0 Å². The topological polar surface area (TPSA) is 18.5 Å². The average molecular weight is 281 g/mol. The largest absolute Gasteiger partial charge is 0.362 e. The van der Waals surface area contributed by atoms with Gasteiger partial charge in [-0.05, 0) is 38.8 Å². The van der Waals surface area contributed by atoms with Crippen molar-refractivity contribution < 1.29 is 0 Å². The van der Waals surface area contributed by atoms with E-state index in [9.17, 15) is 0 Å². The molecule has 3 aliphatic rings. The Morgan fingerprint density at radius 1 is 1.42 bits per heavy atom. The minimum atomic E-state index is 0.395. The molecule has 0 aromatic rings. The third-order valence-corrected chi connectivity index (χ3v) is 6.73. The fourth-order valence-corrected chi connectivity index (χ4v) is 4.43. The van der Waals surface area contributed by atoms with E-state index in [2.05, 4.69) is 54.0 Å². The minimum Gasteiger partial charge on any atom is -0.362 e. The van der Waals surface area contributed by atoms with Crippen LogP contribution in [0.2, 0.25) is 0 Å². The van der Waals surface area contributed by atoms with Crippen molar-refractivity contribution in [2.24, 2.45) is 5.41 Å². The molecule has 1 atom stereocenters. The molecule has 4 heteroatoms. The van der Waals surface area contributed by atoms with Crippen LogP contribution in [0.4, 0.5) is 0 Å². The summed E-state index contributed by atoms with van der Waals surface area (Å²) in [4.78, 5) is 4.90. The molecule has 3 rings (SSSR count). The van der Waals surface area contributed by atoms with Crippen molar-refractivity contribution in [1.29, 1.82) is 0 Å². The van der Waals surface area contributed by atoms with E-state index in [0.717, 1.165) is 6.54 Å². The van der Waals surface area contributed by atoms with Gasteiger partial charge in [-0.15, -0.1) is 0 Å². The lowest BCUT2D eigenvalue weighted by atomic mass is 9.84. The highest BCUT2D eigenvalue weighted by Crippen LogP contribution is 2.45. The van der Waals surface area contributed by atoms with Crippen molar-refractivity contribution in [2.75, 3.05) is 45.2 Å². The maximum absolute atomic E-state index is 3.57. The summed E-state index contributed by atoms with van der Waals surface area (Å²) in [6, 6.07) is 0. The number of rotatable bonds is 4. The summed E-state index contributed by atoms with van der Waals surface area (Å²) in [6.45, 7) is 5.92. The Labute approximate surface area is 121 Å². The SMILES string of the molecule is CN1CCC2(C=C1N(C)CCC1(C)CCN1)CSC2. The van der Waals surface area contributed by atoms with Gasteiger partial charge in [-0.3, -0.25) is 0 Å². The molecular weight excluding hydrogens is 254 g/mol. The van der Waals surface area contributed by atoms with Crippen LogP contribution in [0.3, 0.4) is 0 Å². The first-order valence-corrected chi connectivity index (χ1v) is 8.65. The molecule has 2 saturated heterocycles. The normalized spacial score (nSPS) is 32.6. The molecule has 0 aromatic heterocycles. The number of allylic oxidation sites excluding steroid dienone is 1. The average Bonchev–Trinajstić information content (AvgIpc) is 2.32. The van der Waals surface area contributed by atoms with Gasteiger partial charge in [0.1, 0.15) is 0 Å². The van der Waals surface area contributed by atoms with E-state index in [1.807, 2.05) is 0 Å². The Morgan fingerprint density at radius 2 is 2.16 bits per heavy atom. The molecule has 3 aliphatic heterocycles. The molecular formula is C15H27N3S. The molecule has 1 spiro atoms. The van der Waals surface area contributed by atoms with Crippen LogP contribution in [0, 0.1) is 5.41 Å². The molecule has 0 amide bonds. The highest BCUT2D eigenvalue weighted by molar-refractivity contribution is 8.00. The molecule has 0 saturated carbocycles. The quantitative estimate of drug-likeness (QED) is 0.849.